The summed E-state index contributed by atoms with van der Waals surface area (Å²) in [6, 6.07) is 26.0. The number of sulfonamides is 1. The van der Waals surface area contributed by atoms with Crippen molar-refractivity contribution in [2.45, 2.75) is 23.5 Å². The summed E-state index contributed by atoms with van der Waals surface area (Å²) in [6.45, 7) is 1.40. The Labute approximate surface area is 284 Å². The van der Waals surface area contributed by atoms with Crippen molar-refractivity contribution >= 4 is 39.2 Å². The van der Waals surface area contributed by atoms with Gasteiger partial charge in [0.05, 0.1) is 33.8 Å². The number of para-hydroxylation sites is 1. The minimum absolute atomic E-state index is 0.0783. The summed E-state index contributed by atoms with van der Waals surface area (Å²) in [6.07, 6.45) is -4.61. The van der Waals surface area contributed by atoms with Gasteiger partial charge in [0.2, 0.25) is 0 Å². The van der Waals surface area contributed by atoms with Crippen molar-refractivity contribution in [2.24, 2.45) is 0 Å². The maximum Gasteiger partial charge on any atom is 0.416 e. The fourth-order valence-corrected chi connectivity index (χ4v) is 6.44. The lowest BCUT2D eigenvalue weighted by Gasteiger charge is -2.29. The Morgan fingerprint density at radius 2 is 1.35 bits per heavy atom. The van der Waals surface area contributed by atoms with Gasteiger partial charge in [0.25, 0.3) is 15.9 Å². The van der Waals surface area contributed by atoms with Crippen LogP contribution in [0.2, 0.25) is 5.02 Å². The van der Waals surface area contributed by atoms with Gasteiger partial charge < -0.3 is 10.1 Å². The lowest BCUT2D eigenvalue weighted by atomic mass is 9.89. The monoisotopic (exact) mass is 710 g/mol. The molecule has 0 radical (unpaired) electrons. The third kappa shape index (κ3) is 7.45. The molecule has 0 aliphatic carbocycles. The molecular weight excluding hydrogens is 684 g/mol. The zero-order valence-electron chi connectivity index (χ0n) is 25.8. The van der Waals surface area contributed by atoms with Crippen molar-refractivity contribution in [1.82, 2.24) is 5.32 Å². The van der Waals surface area contributed by atoms with Crippen molar-refractivity contribution in [3.05, 3.63) is 143 Å². The second kappa shape index (κ2) is 13.7. The lowest BCUT2D eigenvalue weighted by Crippen LogP contribution is -2.50. The van der Waals surface area contributed by atoms with Crippen LogP contribution in [-0.4, -0.2) is 27.4 Å². The number of methoxy groups -OCH3 is 1. The third-order valence-corrected chi connectivity index (χ3v) is 9.45. The van der Waals surface area contributed by atoms with Gasteiger partial charge in [0.1, 0.15) is 5.82 Å². The first kappa shape index (κ1) is 35.1. The largest absolute Gasteiger partial charge is 0.467 e. The molecule has 0 spiro atoms. The van der Waals surface area contributed by atoms with Crippen molar-refractivity contribution in [2.75, 3.05) is 11.8 Å². The molecule has 0 saturated carbocycles. The van der Waals surface area contributed by atoms with E-state index in [9.17, 15) is 35.6 Å². The average molecular weight is 711 g/mol. The standard InChI is InChI=1S/C36H27ClF4N2O5S/c1-35(34(45)48-2,25-16-11-22(12-17-25)24-15-20-31(38)30(37)21-24)42-33(44)29-10-6-9-28(23-13-18-26(19-14-23)36(39,40)41)32(29)43-49(46,47)27-7-4-3-5-8-27/h3-21,43H,1-2H3,(H,42,44). The Morgan fingerprint density at radius 3 is 1.94 bits per heavy atom. The fourth-order valence-electron chi connectivity index (χ4n) is 5.14. The Balaban J connectivity index is 1.58. The van der Waals surface area contributed by atoms with Crippen LogP contribution in [0.3, 0.4) is 0 Å². The van der Waals surface area contributed by atoms with E-state index in [1.807, 2.05) is 0 Å². The van der Waals surface area contributed by atoms with Gasteiger partial charge in [-0.2, -0.15) is 13.2 Å². The lowest BCUT2D eigenvalue weighted by molar-refractivity contribution is -0.148. The van der Waals surface area contributed by atoms with Gasteiger partial charge in [0, 0.05) is 5.56 Å². The van der Waals surface area contributed by atoms with Crippen molar-refractivity contribution in [3.63, 3.8) is 0 Å². The van der Waals surface area contributed by atoms with Crippen molar-refractivity contribution in [1.29, 1.82) is 0 Å². The van der Waals surface area contributed by atoms with Gasteiger partial charge in [-0.15, -0.1) is 0 Å². The number of hydrogen-bond donors (Lipinski definition) is 2. The molecular formula is C36H27ClF4N2O5S. The number of ether oxygens (including phenoxy) is 1. The highest BCUT2D eigenvalue weighted by Crippen LogP contribution is 2.37. The summed E-state index contributed by atoms with van der Waals surface area (Å²) in [5, 5.41) is 2.58. The molecule has 0 bridgehead atoms. The van der Waals surface area contributed by atoms with Crippen LogP contribution < -0.4 is 10.0 Å². The number of anilines is 1. The molecule has 0 heterocycles. The number of esters is 1. The molecule has 0 fully saturated rings. The molecule has 0 aliphatic heterocycles. The van der Waals surface area contributed by atoms with E-state index in [2.05, 4.69) is 10.0 Å². The maximum atomic E-state index is 14.1. The van der Waals surface area contributed by atoms with Crippen molar-refractivity contribution in [3.8, 4) is 22.3 Å². The number of benzene rings is 5. The smallest absolute Gasteiger partial charge is 0.416 e. The first-order valence-electron chi connectivity index (χ1n) is 14.5. The number of carbonyl (C=O) groups is 2. The summed E-state index contributed by atoms with van der Waals surface area (Å²) < 4.78 is 88.1. The van der Waals surface area contributed by atoms with Gasteiger partial charge in [-0.25, -0.2) is 17.6 Å². The molecule has 0 aromatic heterocycles. The van der Waals surface area contributed by atoms with E-state index in [-0.39, 0.29) is 37.9 Å². The molecule has 252 valence electrons. The number of alkyl halides is 3. The Morgan fingerprint density at radius 1 is 0.755 bits per heavy atom. The van der Waals surface area contributed by atoms with E-state index in [0.717, 1.165) is 31.4 Å². The van der Waals surface area contributed by atoms with Crippen LogP contribution in [0.1, 0.15) is 28.4 Å². The summed E-state index contributed by atoms with van der Waals surface area (Å²) in [5.41, 5.74) is -1.41. The van der Waals surface area contributed by atoms with Gasteiger partial charge >= 0.3 is 12.1 Å². The van der Waals surface area contributed by atoms with Crippen LogP contribution in [0.25, 0.3) is 22.3 Å². The van der Waals surface area contributed by atoms with Crippen LogP contribution >= 0.6 is 11.6 Å². The first-order chi connectivity index (χ1) is 23.1. The Hall–Kier alpha value is -5.20. The molecule has 1 atom stereocenters. The van der Waals surface area contributed by atoms with Gasteiger partial charge in [-0.3, -0.25) is 9.52 Å². The third-order valence-electron chi connectivity index (χ3n) is 7.79. The second-order valence-electron chi connectivity index (χ2n) is 11.0. The second-order valence-corrected chi connectivity index (χ2v) is 13.1. The highest BCUT2D eigenvalue weighted by molar-refractivity contribution is 7.92. The summed E-state index contributed by atoms with van der Waals surface area (Å²) in [5.74, 6) is -2.35. The minimum Gasteiger partial charge on any atom is -0.467 e. The molecule has 5 rings (SSSR count). The molecule has 1 unspecified atom stereocenters. The zero-order chi connectivity index (χ0) is 35.6. The molecule has 5 aromatic carbocycles. The van der Waals surface area contributed by atoms with Gasteiger partial charge in [-0.1, -0.05) is 84.4 Å². The molecule has 0 aliphatic rings. The number of rotatable bonds is 9. The molecule has 7 nitrogen and oxygen atoms in total. The van der Waals surface area contributed by atoms with Crippen LogP contribution in [0.15, 0.2) is 120 Å². The fraction of sp³-hybridized carbons (Fsp3) is 0.111. The highest BCUT2D eigenvalue weighted by Gasteiger charge is 2.39. The number of carbonyl (C=O) groups excluding carboxylic acids is 2. The maximum absolute atomic E-state index is 14.1. The number of hydrogen-bond acceptors (Lipinski definition) is 5. The summed E-state index contributed by atoms with van der Waals surface area (Å²) >= 11 is 5.93. The SMILES string of the molecule is COC(=O)C(C)(NC(=O)c1cccc(-c2ccc(C(F)(F)F)cc2)c1NS(=O)(=O)c1ccccc1)c1ccc(-c2ccc(F)c(Cl)c2)cc1. The van der Waals surface area contributed by atoms with Crippen molar-refractivity contribution < 1.29 is 40.3 Å². The van der Waals surface area contributed by atoms with E-state index >= 15 is 0 Å². The normalized spacial score (nSPS) is 12.9. The topological polar surface area (TPSA) is 102 Å². The molecule has 13 heteroatoms. The number of amides is 1. The van der Waals surface area contributed by atoms with E-state index < -0.39 is 45.0 Å². The highest BCUT2D eigenvalue weighted by atomic mass is 35.5. The predicted octanol–water partition coefficient (Wildman–Crippen LogP) is 8.45. The van der Waals surface area contributed by atoms with Crippen LogP contribution in [0.4, 0.5) is 23.2 Å². The van der Waals surface area contributed by atoms with E-state index in [0.29, 0.717) is 11.1 Å². The molecule has 49 heavy (non-hydrogen) atoms. The molecule has 1 amide bonds. The van der Waals surface area contributed by atoms with E-state index in [4.69, 9.17) is 16.3 Å². The Kier molecular flexibility index (Phi) is 9.84. The first-order valence-corrected chi connectivity index (χ1v) is 16.4. The Bertz CT molecular complexity index is 2130. The van der Waals surface area contributed by atoms with Gasteiger partial charge in [0.15, 0.2) is 5.54 Å². The number of halogens is 5. The van der Waals surface area contributed by atoms with Crippen LogP contribution in [-0.2, 0) is 31.3 Å². The summed E-state index contributed by atoms with van der Waals surface area (Å²) in [4.78, 5) is 27.2. The molecule has 2 N–H and O–H groups in total. The van der Waals surface area contributed by atoms with Crippen LogP contribution in [0.5, 0.6) is 0 Å². The van der Waals surface area contributed by atoms with Gasteiger partial charge in [-0.05, 0) is 71.6 Å². The minimum atomic E-state index is -4.61. The average Bonchev–Trinajstić information content (AvgIpc) is 3.09. The predicted molar refractivity (Wildman–Crippen MR) is 178 cm³/mol. The quantitative estimate of drug-likeness (QED) is 0.118. The zero-order valence-corrected chi connectivity index (χ0v) is 27.4. The van der Waals surface area contributed by atoms with E-state index in [1.54, 1.807) is 30.3 Å². The summed E-state index contributed by atoms with van der Waals surface area (Å²) in [7, 11) is -3.19. The number of nitrogens with one attached hydrogen (secondary N) is 2. The molecule has 0 saturated heterocycles. The van der Waals surface area contributed by atoms with E-state index in [1.165, 1.54) is 67.6 Å². The molecule has 5 aromatic rings. The van der Waals surface area contributed by atoms with Crippen LogP contribution in [0, 0.1) is 5.82 Å².